The molecule has 0 unspecified atom stereocenters. The molecule has 0 N–H and O–H groups in total. The maximum Gasteiger partial charge on any atom is 0.193 e. The lowest BCUT2D eigenvalue weighted by Gasteiger charge is -2.12. The van der Waals surface area contributed by atoms with E-state index in [2.05, 4.69) is 0 Å². The van der Waals surface area contributed by atoms with Crippen LogP contribution in [0.15, 0.2) is 48.5 Å². The Morgan fingerprint density at radius 1 is 0.944 bits per heavy atom. The summed E-state index contributed by atoms with van der Waals surface area (Å²) in [6, 6.07) is 13.4. The number of ketones is 1. The molecular weight excluding hydrogens is 228 g/mol. The van der Waals surface area contributed by atoms with Gasteiger partial charge in [-0.25, -0.2) is 0 Å². The zero-order chi connectivity index (χ0) is 13.1. The van der Waals surface area contributed by atoms with Crippen molar-refractivity contribution in [2.45, 2.75) is 6.92 Å². The van der Waals surface area contributed by atoms with E-state index in [1.165, 1.54) is 6.07 Å². The van der Waals surface area contributed by atoms with E-state index in [9.17, 15) is 14.7 Å². The second-order valence-corrected chi connectivity index (χ2v) is 3.98. The molecule has 3 nitrogen and oxygen atoms in total. The molecule has 0 fully saturated rings. The first-order chi connectivity index (χ1) is 8.61. The molecule has 0 spiro atoms. The van der Waals surface area contributed by atoms with E-state index in [1.54, 1.807) is 49.4 Å². The standard InChI is InChI=1S/C15H12O3/c1-10-6-5-9-12(13(10)15(17)18)14(16)11-7-3-2-4-8-11/h2-9H,1H3,(H,17,18)/p-1. The van der Waals surface area contributed by atoms with Crippen molar-refractivity contribution in [2.24, 2.45) is 0 Å². The van der Waals surface area contributed by atoms with Crippen molar-refractivity contribution in [3.63, 3.8) is 0 Å². The number of carboxylic acid groups (broad SMARTS) is 1. The van der Waals surface area contributed by atoms with Crippen LogP contribution in [0.3, 0.4) is 0 Å². The van der Waals surface area contributed by atoms with Crippen LogP contribution < -0.4 is 5.11 Å². The summed E-state index contributed by atoms with van der Waals surface area (Å²) in [6.45, 7) is 1.65. The molecule has 18 heavy (non-hydrogen) atoms. The smallest absolute Gasteiger partial charge is 0.193 e. The van der Waals surface area contributed by atoms with Crippen LogP contribution in [0, 0.1) is 6.92 Å². The van der Waals surface area contributed by atoms with Crippen molar-refractivity contribution >= 4 is 11.8 Å². The molecule has 0 aliphatic rings. The number of rotatable bonds is 3. The lowest BCUT2D eigenvalue weighted by molar-refractivity contribution is -0.255. The molecule has 0 saturated carbocycles. The van der Waals surface area contributed by atoms with Gasteiger partial charge in [0.15, 0.2) is 5.78 Å². The lowest BCUT2D eigenvalue weighted by atomic mass is 9.95. The van der Waals surface area contributed by atoms with Crippen LogP contribution in [0.4, 0.5) is 0 Å². The monoisotopic (exact) mass is 239 g/mol. The summed E-state index contributed by atoms with van der Waals surface area (Å²) in [7, 11) is 0. The average molecular weight is 239 g/mol. The molecule has 0 aromatic heterocycles. The van der Waals surface area contributed by atoms with Crippen molar-refractivity contribution in [1.29, 1.82) is 0 Å². The molecule has 0 bridgehead atoms. The Bertz CT molecular complexity index is 600. The SMILES string of the molecule is Cc1cccc(C(=O)c2ccccc2)c1C(=O)[O-]. The quantitative estimate of drug-likeness (QED) is 0.764. The predicted octanol–water partition coefficient (Wildman–Crippen LogP) is 1.59. The fourth-order valence-corrected chi connectivity index (χ4v) is 1.87. The van der Waals surface area contributed by atoms with Crippen molar-refractivity contribution in [3.05, 3.63) is 70.8 Å². The molecule has 3 heteroatoms. The van der Waals surface area contributed by atoms with Crippen LogP contribution in [0.5, 0.6) is 0 Å². The summed E-state index contributed by atoms with van der Waals surface area (Å²) in [5, 5.41) is 11.1. The molecule has 0 radical (unpaired) electrons. The zero-order valence-electron chi connectivity index (χ0n) is 9.84. The van der Waals surface area contributed by atoms with Crippen molar-refractivity contribution in [1.82, 2.24) is 0 Å². The van der Waals surface area contributed by atoms with Crippen molar-refractivity contribution in [3.8, 4) is 0 Å². The van der Waals surface area contributed by atoms with Gasteiger partial charge in [-0.2, -0.15) is 0 Å². The highest BCUT2D eigenvalue weighted by molar-refractivity contribution is 6.14. The van der Waals surface area contributed by atoms with Gasteiger partial charge in [-0.3, -0.25) is 4.79 Å². The molecule has 0 heterocycles. The van der Waals surface area contributed by atoms with E-state index in [0.29, 0.717) is 11.1 Å². The third-order valence-corrected chi connectivity index (χ3v) is 2.76. The van der Waals surface area contributed by atoms with Gasteiger partial charge < -0.3 is 9.90 Å². The molecule has 0 saturated heterocycles. The largest absolute Gasteiger partial charge is 0.545 e. The van der Waals surface area contributed by atoms with Gasteiger partial charge in [-0.1, -0.05) is 48.5 Å². The van der Waals surface area contributed by atoms with Crippen LogP contribution in [-0.2, 0) is 0 Å². The molecule has 2 rings (SSSR count). The van der Waals surface area contributed by atoms with Gasteiger partial charge in [-0.05, 0) is 12.5 Å². The Morgan fingerprint density at radius 2 is 1.61 bits per heavy atom. The highest BCUT2D eigenvalue weighted by Gasteiger charge is 2.15. The van der Waals surface area contributed by atoms with Crippen LogP contribution in [0.2, 0.25) is 0 Å². The number of aryl methyl sites for hydroxylation is 1. The van der Waals surface area contributed by atoms with E-state index >= 15 is 0 Å². The number of hydrogen-bond donors (Lipinski definition) is 0. The Hall–Kier alpha value is -2.42. The van der Waals surface area contributed by atoms with Gasteiger partial charge in [0.05, 0.1) is 5.97 Å². The normalized spacial score (nSPS) is 10.1. The van der Waals surface area contributed by atoms with Gasteiger partial charge in [0, 0.05) is 16.7 Å². The Morgan fingerprint density at radius 3 is 2.22 bits per heavy atom. The number of hydrogen-bond acceptors (Lipinski definition) is 3. The highest BCUT2D eigenvalue weighted by Crippen LogP contribution is 2.17. The third kappa shape index (κ3) is 2.15. The third-order valence-electron chi connectivity index (χ3n) is 2.76. The van der Waals surface area contributed by atoms with E-state index < -0.39 is 5.97 Å². The number of carbonyl (C=O) groups is 2. The minimum absolute atomic E-state index is 0.0358. The lowest BCUT2D eigenvalue weighted by Crippen LogP contribution is -2.26. The van der Waals surface area contributed by atoms with E-state index in [-0.39, 0.29) is 16.9 Å². The first-order valence-electron chi connectivity index (χ1n) is 5.52. The Kier molecular flexibility index (Phi) is 3.24. The molecule has 2 aromatic carbocycles. The molecule has 90 valence electrons. The van der Waals surface area contributed by atoms with Crippen LogP contribution >= 0.6 is 0 Å². The second kappa shape index (κ2) is 4.84. The molecular formula is C15H11O3-. The van der Waals surface area contributed by atoms with E-state index in [1.807, 2.05) is 0 Å². The molecule has 0 aliphatic carbocycles. The van der Waals surface area contributed by atoms with E-state index in [0.717, 1.165) is 0 Å². The highest BCUT2D eigenvalue weighted by atomic mass is 16.4. The molecule has 0 aliphatic heterocycles. The Labute approximate surface area is 105 Å². The summed E-state index contributed by atoms with van der Waals surface area (Å²) in [5.74, 6) is -1.63. The Balaban J connectivity index is 2.56. The topological polar surface area (TPSA) is 57.2 Å². The average Bonchev–Trinajstić information content (AvgIpc) is 2.38. The minimum Gasteiger partial charge on any atom is -0.545 e. The summed E-state index contributed by atoms with van der Waals surface area (Å²) < 4.78 is 0. The van der Waals surface area contributed by atoms with Gasteiger partial charge in [0.1, 0.15) is 0 Å². The maximum atomic E-state index is 12.2. The van der Waals surface area contributed by atoms with E-state index in [4.69, 9.17) is 0 Å². The molecule has 0 amide bonds. The summed E-state index contributed by atoms with van der Waals surface area (Å²) in [6.07, 6.45) is 0. The number of aromatic carboxylic acids is 1. The summed E-state index contributed by atoms with van der Waals surface area (Å²) in [4.78, 5) is 23.3. The fourth-order valence-electron chi connectivity index (χ4n) is 1.87. The first kappa shape index (κ1) is 12.0. The summed E-state index contributed by atoms with van der Waals surface area (Å²) >= 11 is 0. The van der Waals surface area contributed by atoms with Gasteiger partial charge in [-0.15, -0.1) is 0 Å². The second-order valence-electron chi connectivity index (χ2n) is 3.98. The minimum atomic E-state index is -1.33. The van der Waals surface area contributed by atoms with Crippen LogP contribution in [0.1, 0.15) is 31.8 Å². The van der Waals surface area contributed by atoms with Gasteiger partial charge in [0.25, 0.3) is 0 Å². The molecule has 2 aromatic rings. The van der Waals surface area contributed by atoms with Crippen LogP contribution in [0.25, 0.3) is 0 Å². The predicted molar refractivity (Wildman–Crippen MR) is 65.4 cm³/mol. The summed E-state index contributed by atoms with van der Waals surface area (Å²) in [5.41, 5.74) is 1.12. The van der Waals surface area contributed by atoms with Crippen LogP contribution in [-0.4, -0.2) is 11.8 Å². The van der Waals surface area contributed by atoms with Gasteiger partial charge in [0.2, 0.25) is 0 Å². The van der Waals surface area contributed by atoms with Crippen molar-refractivity contribution < 1.29 is 14.7 Å². The fraction of sp³-hybridized carbons (Fsp3) is 0.0667. The molecule has 0 atom stereocenters. The van der Waals surface area contributed by atoms with Crippen molar-refractivity contribution in [2.75, 3.05) is 0 Å². The maximum absolute atomic E-state index is 12.2. The number of carboxylic acids is 1. The van der Waals surface area contributed by atoms with Gasteiger partial charge >= 0.3 is 0 Å². The zero-order valence-corrected chi connectivity index (χ0v) is 9.84. The number of carbonyl (C=O) groups excluding carboxylic acids is 2. The number of benzene rings is 2. The first-order valence-corrected chi connectivity index (χ1v) is 5.52.